The predicted octanol–water partition coefficient (Wildman–Crippen LogP) is 4.56. The number of imide groups is 1. The predicted molar refractivity (Wildman–Crippen MR) is 130 cm³/mol. The fourth-order valence-corrected chi connectivity index (χ4v) is 4.97. The van der Waals surface area contributed by atoms with E-state index in [1.165, 1.54) is 18.2 Å². The number of anilines is 2. The van der Waals surface area contributed by atoms with E-state index in [0.717, 1.165) is 10.5 Å². The number of rotatable bonds is 5. The lowest BCUT2D eigenvalue weighted by atomic mass is 9.80. The fraction of sp³-hybridized carbons (Fsp3) is 0.333. The van der Waals surface area contributed by atoms with Gasteiger partial charge in [-0.2, -0.15) is 0 Å². The van der Waals surface area contributed by atoms with Crippen LogP contribution in [0.3, 0.4) is 0 Å². The maximum Gasteiger partial charge on any atom is 0.338 e. The number of nitrogens with zero attached hydrogens (tertiary/aromatic N) is 1. The van der Waals surface area contributed by atoms with Crippen molar-refractivity contribution >= 4 is 69.9 Å². The van der Waals surface area contributed by atoms with E-state index in [4.69, 9.17) is 39.5 Å². The molecule has 1 aliphatic carbocycles. The minimum Gasteiger partial charge on any atom is -0.452 e. The maximum absolute atomic E-state index is 12.9. The molecule has 2 fully saturated rings. The van der Waals surface area contributed by atoms with Crippen LogP contribution in [-0.4, -0.2) is 41.1 Å². The molecule has 0 unspecified atom stereocenters. The molecule has 0 spiro atoms. The molecule has 1 saturated carbocycles. The van der Waals surface area contributed by atoms with Crippen LogP contribution in [0.1, 0.15) is 28.8 Å². The van der Waals surface area contributed by atoms with Crippen molar-refractivity contribution in [2.75, 3.05) is 16.8 Å². The molecule has 7 nitrogen and oxygen atoms in total. The molecule has 4 rings (SSSR count). The van der Waals surface area contributed by atoms with Gasteiger partial charge in [-0.25, -0.2) is 4.79 Å². The molecule has 10 heteroatoms. The van der Waals surface area contributed by atoms with Crippen molar-refractivity contribution in [3.63, 3.8) is 0 Å². The maximum atomic E-state index is 12.9. The lowest BCUT2D eigenvalue weighted by Crippen LogP contribution is -2.34. The summed E-state index contributed by atoms with van der Waals surface area (Å²) in [5.41, 5.74) is 1.70. The molecule has 0 bridgehead atoms. The molecule has 1 heterocycles. The molecular weight excluding hydrogens is 503 g/mol. The second-order valence-corrected chi connectivity index (χ2v) is 9.90. The van der Waals surface area contributed by atoms with Crippen molar-refractivity contribution in [2.45, 2.75) is 30.5 Å². The summed E-state index contributed by atoms with van der Waals surface area (Å²) in [6.45, 7) is 1.32. The molecule has 2 aromatic carbocycles. The average Bonchev–Trinajstić information content (AvgIpc) is 3.04. The molecule has 2 aromatic rings. The van der Waals surface area contributed by atoms with Gasteiger partial charge in [0.1, 0.15) is 0 Å². The van der Waals surface area contributed by atoms with Gasteiger partial charge >= 0.3 is 5.97 Å². The smallest absolute Gasteiger partial charge is 0.338 e. The van der Waals surface area contributed by atoms with E-state index < -0.39 is 30.3 Å². The van der Waals surface area contributed by atoms with Crippen LogP contribution in [0.5, 0.6) is 0 Å². The monoisotopic (exact) mass is 522 g/mol. The van der Waals surface area contributed by atoms with E-state index in [1.54, 1.807) is 24.3 Å². The molecule has 4 atom stereocenters. The van der Waals surface area contributed by atoms with Crippen molar-refractivity contribution in [1.82, 2.24) is 0 Å². The zero-order chi connectivity index (χ0) is 24.6. The lowest BCUT2D eigenvalue weighted by Gasteiger charge is -2.28. The van der Waals surface area contributed by atoms with Crippen molar-refractivity contribution in [3.8, 4) is 0 Å². The van der Waals surface area contributed by atoms with Crippen LogP contribution in [0.25, 0.3) is 0 Å². The summed E-state index contributed by atoms with van der Waals surface area (Å²) in [7, 11) is 0. The molecule has 3 amide bonds. The Labute approximate surface area is 211 Å². The van der Waals surface area contributed by atoms with Crippen molar-refractivity contribution in [1.29, 1.82) is 0 Å². The van der Waals surface area contributed by atoms with Gasteiger partial charge in [0, 0.05) is 10.7 Å². The van der Waals surface area contributed by atoms with Crippen LogP contribution >= 0.6 is 34.8 Å². The SMILES string of the molecule is Cc1ccc(NC(=O)COC(=O)c2cccc(N3C(=O)[C@H]4C[C@H](Cl)[C@@H](Cl)C[C@H]4C3=O)c2)cc1Cl. The molecular formula is C24H21Cl3N2O5. The first-order chi connectivity index (χ1) is 16.2. The Morgan fingerprint density at radius 1 is 1.03 bits per heavy atom. The Morgan fingerprint density at radius 2 is 1.68 bits per heavy atom. The summed E-state index contributed by atoms with van der Waals surface area (Å²) in [4.78, 5) is 51.6. The Bertz CT molecular complexity index is 1140. The topological polar surface area (TPSA) is 92.8 Å². The minimum absolute atomic E-state index is 0.101. The van der Waals surface area contributed by atoms with Gasteiger partial charge < -0.3 is 10.1 Å². The molecule has 1 N–H and O–H groups in total. The van der Waals surface area contributed by atoms with Gasteiger partial charge in [0.15, 0.2) is 6.61 Å². The number of carbonyl (C=O) groups is 4. The number of alkyl halides is 2. The van der Waals surface area contributed by atoms with E-state index in [2.05, 4.69) is 5.32 Å². The molecule has 1 saturated heterocycles. The van der Waals surface area contributed by atoms with E-state index in [-0.39, 0.29) is 33.8 Å². The molecule has 0 aromatic heterocycles. The third-order valence-corrected chi connectivity index (χ3v) is 7.54. The number of aryl methyl sites for hydroxylation is 1. The van der Waals surface area contributed by atoms with Crippen LogP contribution in [0.15, 0.2) is 42.5 Å². The highest BCUT2D eigenvalue weighted by molar-refractivity contribution is 6.32. The molecule has 1 aliphatic heterocycles. The van der Waals surface area contributed by atoms with E-state index in [0.29, 0.717) is 23.6 Å². The average molecular weight is 524 g/mol. The van der Waals surface area contributed by atoms with Gasteiger partial charge in [-0.15, -0.1) is 23.2 Å². The van der Waals surface area contributed by atoms with Gasteiger partial charge in [-0.1, -0.05) is 23.7 Å². The van der Waals surface area contributed by atoms with Gasteiger partial charge in [0.05, 0.1) is 33.8 Å². The third kappa shape index (κ3) is 4.92. The summed E-state index contributed by atoms with van der Waals surface area (Å²) in [6, 6.07) is 11.0. The van der Waals surface area contributed by atoms with Crippen LogP contribution in [0, 0.1) is 18.8 Å². The normalized spacial score (nSPS) is 24.1. The van der Waals surface area contributed by atoms with E-state index >= 15 is 0 Å². The van der Waals surface area contributed by atoms with Crippen LogP contribution in [0.4, 0.5) is 11.4 Å². The molecule has 34 heavy (non-hydrogen) atoms. The molecule has 178 valence electrons. The largest absolute Gasteiger partial charge is 0.452 e. The number of carbonyl (C=O) groups excluding carboxylic acids is 4. The Balaban J connectivity index is 1.41. The highest BCUT2D eigenvalue weighted by Gasteiger charge is 2.52. The van der Waals surface area contributed by atoms with E-state index in [1.807, 2.05) is 6.92 Å². The molecule has 0 radical (unpaired) electrons. The quantitative estimate of drug-likeness (QED) is 0.352. The summed E-state index contributed by atoms with van der Waals surface area (Å²) in [5, 5.41) is 2.33. The van der Waals surface area contributed by atoms with Gasteiger partial charge in [-0.3, -0.25) is 19.3 Å². The summed E-state index contributed by atoms with van der Waals surface area (Å²) in [5.74, 6) is -3.07. The standard InChI is InChI=1S/C24H21Cl3N2O5/c1-12-5-6-14(8-18(12)25)28-21(30)11-34-24(33)13-3-2-4-15(7-13)29-22(31)16-9-19(26)20(27)10-17(16)23(29)32/h2-8,16-17,19-20H,9-11H2,1H3,(H,28,30)/t16-,17+,19-,20-/m0/s1. The van der Waals surface area contributed by atoms with Crippen molar-refractivity contribution in [2.24, 2.45) is 11.8 Å². The number of hydrogen-bond donors (Lipinski definition) is 1. The number of fused-ring (bicyclic) bond motifs is 1. The highest BCUT2D eigenvalue weighted by atomic mass is 35.5. The first-order valence-corrected chi connectivity index (χ1v) is 11.9. The van der Waals surface area contributed by atoms with Gasteiger partial charge in [0.2, 0.25) is 11.8 Å². The number of amides is 3. The fourth-order valence-electron chi connectivity index (χ4n) is 4.20. The van der Waals surface area contributed by atoms with Gasteiger partial charge in [0.25, 0.3) is 5.91 Å². The lowest BCUT2D eigenvalue weighted by molar-refractivity contribution is -0.122. The van der Waals surface area contributed by atoms with E-state index in [9.17, 15) is 19.2 Å². The number of hydrogen-bond acceptors (Lipinski definition) is 5. The molecule has 2 aliphatic rings. The Hall–Kier alpha value is -2.61. The van der Waals surface area contributed by atoms with Crippen molar-refractivity contribution in [3.05, 3.63) is 58.6 Å². The number of benzene rings is 2. The third-order valence-electron chi connectivity index (χ3n) is 6.04. The first kappa shape index (κ1) is 24.5. The van der Waals surface area contributed by atoms with Crippen LogP contribution in [0.2, 0.25) is 5.02 Å². The number of halogens is 3. The number of esters is 1. The highest BCUT2D eigenvalue weighted by Crippen LogP contribution is 2.43. The Morgan fingerprint density at radius 3 is 2.29 bits per heavy atom. The number of nitrogens with one attached hydrogen (secondary N) is 1. The summed E-state index contributed by atoms with van der Waals surface area (Å²) >= 11 is 18.5. The Kier molecular flexibility index (Phi) is 7.17. The summed E-state index contributed by atoms with van der Waals surface area (Å²) < 4.78 is 5.10. The van der Waals surface area contributed by atoms with Gasteiger partial charge in [-0.05, 0) is 55.7 Å². The van der Waals surface area contributed by atoms with Crippen LogP contribution in [-0.2, 0) is 19.1 Å². The number of ether oxygens (including phenoxy) is 1. The summed E-state index contributed by atoms with van der Waals surface area (Å²) in [6.07, 6.45) is 0.648. The zero-order valence-electron chi connectivity index (χ0n) is 18.1. The second kappa shape index (κ2) is 9.94. The van der Waals surface area contributed by atoms with Crippen molar-refractivity contribution < 1.29 is 23.9 Å². The second-order valence-electron chi connectivity index (χ2n) is 8.37. The van der Waals surface area contributed by atoms with Crippen LogP contribution < -0.4 is 10.2 Å². The first-order valence-electron chi connectivity index (χ1n) is 10.6. The zero-order valence-corrected chi connectivity index (χ0v) is 20.4. The minimum atomic E-state index is -0.767.